The fourth-order valence-corrected chi connectivity index (χ4v) is 5.22. The summed E-state index contributed by atoms with van der Waals surface area (Å²) in [6.07, 6.45) is 19.8. The molecule has 0 aliphatic rings. The van der Waals surface area contributed by atoms with Crippen molar-refractivity contribution in [2.24, 2.45) is 10.8 Å². The molecule has 0 fully saturated rings. The van der Waals surface area contributed by atoms with E-state index < -0.39 is 11.4 Å². The summed E-state index contributed by atoms with van der Waals surface area (Å²) in [6.45, 7) is 11.1. The topological polar surface area (TPSA) is 76.6 Å². The first kappa shape index (κ1) is 30.6. The normalized spacial score (nSPS) is 12.0. The number of aliphatic carboxylic acids is 1. The first-order chi connectivity index (χ1) is 13.5. The number of carbonyl (C=O) groups is 1. The van der Waals surface area contributed by atoms with Crippen molar-refractivity contribution in [1.29, 1.82) is 0 Å². The van der Waals surface area contributed by atoms with Gasteiger partial charge < -0.3 is 16.1 Å². The highest BCUT2D eigenvalue weighted by Gasteiger charge is 2.49. The Balaban J connectivity index is 0. The maximum absolute atomic E-state index is 12.8. The largest absolute Gasteiger partial charge is 0.550 e. The van der Waals surface area contributed by atoms with Crippen LogP contribution in [0.4, 0.5) is 0 Å². The van der Waals surface area contributed by atoms with Crippen molar-refractivity contribution in [2.75, 3.05) is 0 Å². The van der Waals surface area contributed by atoms with Gasteiger partial charge in [0.1, 0.15) is 0 Å². The monoisotopic (exact) mass is 413 g/mol. The number of hydrogen-bond donors (Lipinski definition) is 1. The summed E-state index contributed by atoms with van der Waals surface area (Å²) in [4.78, 5) is 12.8. The summed E-state index contributed by atoms with van der Waals surface area (Å²) in [5.41, 5.74) is -0.706. The van der Waals surface area contributed by atoms with E-state index in [0.717, 1.165) is 83.5 Å². The van der Waals surface area contributed by atoms with Crippen LogP contribution in [0.5, 0.6) is 0 Å². The van der Waals surface area contributed by atoms with Gasteiger partial charge >= 0.3 is 0 Å². The van der Waals surface area contributed by atoms with Gasteiger partial charge in [0.05, 0.1) is 0 Å². The average molecular weight is 414 g/mol. The van der Waals surface area contributed by atoms with Gasteiger partial charge in [0, 0.05) is 11.4 Å². The Morgan fingerprint density at radius 2 is 0.897 bits per heavy atom. The molecule has 0 rings (SSSR count). The van der Waals surface area contributed by atoms with E-state index in [2.05, 4.69) is 34.6 Å². The van der Waals surface area contributed by atoms with Crippen LogP contribution in [0.15, 0.2) is 0 Å². The second-order valence-corrected chi connectivity index (χ2v) is 9.23. The van der Waals surface area contributed by atoms with Gasteiger partial charge in [0.25, 0.3) is 0 Å². The fraction of sp³-hybridized carbons (Fsp3) is 0.962. The molecule has 0 bridgehead atoms. The van der Waals surface area contributed by atoms with Gasteiger partial charge in [-0.25, -0.2) is 0 Å². The zero-order chi connectivity index (χ0) is 21.3. The van der Waals surface area contributed by atoms with Crippen molar-refractivity contribution in [3.8, 4) is 0 Å². The van der Waals surface area contributed by atoms with Gasteiger partial charge in [-0.15, -0.1) is 0 Å². The van der Waals surface area contributed by atoms with Crippen molar-refractivity contribution in [3.05, 3.63) is 0 Å². The Morgan fingerprint density at radius 3 is 1.28 bits per heavy atom. The lowest BCUT2D eigenvalue weighted by molar-refractivity contribution is -0.328. The quantitative estimate of drug-likeness (QED) is 0.204. The maximum Gasteiger partial charge on any atom is 0.0481 e. The van der Waals surface area contributed by atoms with E-state index in [1.165, 1.54) is 32.1 Å². The third-order valence-corrected chi connectivity index (χ3v) is 7.10. The molecule has 0 aromatic heterocycles. The van der Waals surface area contributed by atoms with E-state index in [9.17, 15) is 9.90 Å². The minimum atomic E-state index is -0.741. The van der Waals surface area contributed by atoms with E-state index in [1.54, 1.807) is 0 Å². The fourth-order valence-electron chi connectivity index (χ4n) is 5.22. The molecule has 0 aromatic rings. The minimum absolute atomic E-state index is 0. The third kappa shape index (κ3) is 9.85. The van der Waals surface area contributed by atoms with Crippen LogP contribution < -0.4 is 11.3 Å². The van der Waals surface area contributed by atoms with Gasteiger partial charge in [-0.05, 0) is 37.5 Å². The number of quaternary nitrogens is 1. The van der Waals surface area contributed by atoms with Crippen molar-refractivity contribution in [3.63, 3.8) is 0 Å². The van der Waals surface area contributed by atoms with E-state index in [-0.39, 0.29) is 11.6 Å². The molecular formula is C26H55NO2. The molecule has 0 amide bonds. The van der Waals surface area contributed by atoms with Crippen LogP contribution in [0.2, 0.25) is 0 Å². The second kappa shape index (κ2) is 18.2. The molecule has 0 saturated heterocycles. The second-order valence-electron chi connectivity index (χ2n) is 9.23. The Hall–Kier alpha value is -0.570. The maximum atomic E-state index is 12.8. The Labute approximate surface area is 183 Å². The summed E-state index contributed by atoms with van der Waals surface area (Å²) in [5, 5.41) is 12.8. The lowest BCUT2D eigenvalue weighted by Crippen LogP contribution is -2.54. The summed E-state index contributed by atoms with van der Waals surface area (Å²) in [6, 6.07) is 0. The molecule has 3 heteroatoms. The Kier molecular flexibility index (Phi) is 19.2. The summed E-state index contributed by atoms with van der Waals surface area (Å²) in [5.74, 6) is -0.741. The Morgan fingerprint density at radius 1 is 0.552 bits per heavy atom. The van der Waals surface area contributed by atoms with Crippen LogP contribution >= 0.6 is 0 Å². The average Bonchev–Trinajstić information content (AvgIpc) is 2.69. The zero-order valence-electron chi connectivity index (χ0n) is 21.0. The lowest BCUT2D eigenvalue weighted by atomic mass is 9.53. The molecule has 0 heterocycles. The van der Waals surface area contributed by atoms with E-state index in [4.69, 9.17) is 0 Å². The summed E-state index contributed by atoms with van der Waals surface area (Å²) in [7, 11) is 0. The molecule has 29 heavy (non-hydrogen) atoms. The summed E-state index contributed by atoms with van der Waals surface area (Å²) >= 11 is 0. The van der Waals surface area contributed by atoms with Gasteiger partial charge in [-0.1, -0.05) is 118 Å². The number of rotatable bonds is 20. The van der Waals surface area contributed by atoms with Gasteiger partial charge in [0.2, 0.25) is 0 Å². The van der Waals surface area contributed by atoms with Crippen LogP contribution in [0.25, 0.3) is 0 Å². The standard InChI is InChI=1S/C26H52O2.H3N/c1-6-11-16-17-18-21-25(19-12-7-2,20-13-8-3)26(24(27)28,22-14-9-4)23-15-10-5;/h6-23H2,1-5H3,(H,27,28);1H3. The molecule has 0 aliphatic carbocycles. The van der Waals surface area contributed by atoms with Crippen LogP contribution in [-0.4, -0.2) is 5.97 Å². The predicted molar refractivity (Wildman–Crippen MR) is 127 cm³/mol. The third-order valence-electron chi connectivity index (χ3n) is 7.10. The Bertz CT molecular complexity index is 365. The highest BCUT2D eigenvalue weighted by molar-refractivity contribution is 5.73. The molecule has 0 radical (unpaired) electrons. The minimum Gasteiger partial charge on any atom is -0.550 e. The number of hydrogen-bond acceptors (Lipinski definition) is 2. The van der Waals surface area contributed by atoms with Crippen LogP contribution in [0.3, 0.4) is 0 Å². The molecule has 0 atom stereocenters. The highest BCUT2D eigenvalue weighted by Crippen LogP contribution is 2.56. The SMILES string of the molecule is CCCCCCCC(CCCC)(CCCC)C(CCCC)(CCCC)C(=O)[O-].[NH4+]. The van der Waals surface area contributed by atoms with Crippen LogP contribution in [0.1, 0.15) is 150 Å². The first-order valence-corrected chi connectivity index (χ1v) is 12.7. The van der Waals surface area contributed by atoms with Crippen molar-refractivity contribution < 1.29 is 9.90 Å². The first-order valence-electron chi connectivity index (χ1n) is 12.7. The van der Waals surface area contributed by atoms with Crippen LogP contribution in [0, 0.1) is 10.8 Å². The molecule has 0 aliphatic heterocycles. The van der Waals surface area contributed by atoms with Gasteiger partial charge in [-0.3, -0.25) is 0 Å². The number of carboxylic acid groups (broad SMARTS) is 1. The van der Waals surface area contributed by atoms with Crippen molar-refractivity contribution in [2.45, 2.75) is 150 Å². The molecule has 176 valence electrons. The van der Waals surface area contributed by atoms with Gasteiger partial charge in [0.15, 0.2) is 0 Å². The van der Waals surface area contributed by atoms with Crippen LogP contribution in [-0.2, 0) is 4.79 Å². The summed E-state index contributed by atoms with van der Waals surface area (Å²) < 4.78 is 0. The molecule has 0 spiro atoms. The van der Waals surface area contributed by atoms with Crippen molar-refractivity contribution in [1.82, 2.24) is 6.15 Å². The van der Waals surface area contributed by atoms with E-state index >= 15 is 0 Å². The number of carboxylic acids is 1. The van der Waals surface area contributed by atoms with Crippen molar-refractivity contribution >= 4 is 5.97 Å². The molecule has 3 nitrogen and oxygen atoms in total. The molecular weight excluding hydrogens is 358 g/mol. The predicted octanol–water partition coefficient (Wildman–Crippen LogP) is 8.21. The van der Waals surface area contributed by atoms with E-state index in [0.29, 0.717) is 0 Å². The molecule has 0 saturated carbocycles. The molecule has 0 unspecified atom stereocenters. The number of carbonyl (C=O) groups excluding carboxylic acids is 1. The smallest absolute Gasteiger partial charge is 0.0481 e. The lowest BCUT2D eigenvalue weighted by Gasteiger charge is -2.53. The zero-order valence-corrected chi connectivity index (χ0v) is 21.0. The number of unbranched alkanes of at least 4 members (excludes halogenated alkanes) is 8. The van der Waals surface area contributed by atoms with E-state index in [1.807, 2.05) is 0 Å². The van der Waals surface area contributed by atoms with Gasteiger partial charge in [-0.2, -0.15) is 0 Å². The highest BCUT2D eigenvalue weighted by atomic mass is 16.4. The molecule has 0 aromatic carbocycles. The molecule has 4 N–H and O–H groups in total.